The molecule has 0 aliphatic carbocycles. The van der Waals surface area contributed by atoms with Crippen molar-refractivity contribution in [3.63, 3.8) is 0 Å². The van der Waals surface area contributed by atoms with Gasteiger partial charge in [0.1, 0.15) is 5.60 Å². The molecule has 2 atom stereocenters. The zero-order valence-electron chi connectivity index (χ0n) is 15.2. The summed E-state index contributed by atoms with van der Waals surface area (Å²) in [6.07, 6.45) is 2.98. The van der Waals surface area contributed by atoms with Crippen LogP contribution in [-0.2, 0) is 14.3 Å². The van der Waals surface area contributed by atoms with Crippen LogP contribution in [0.25, 0.3) is 0 Å². The average molecular weight is 368 g/mol. The van der Waals surface area contributed by atoms with Gasteiger partial charge in [-0.25, -0.2) is 9.59 Å². The first-order chi connectivity index (χ1) is 12.1. The van der Waals surface area contributed by atoms with Crippen LogP contribution in [0.4, 0.5) is 13.6 Å². The van der Waals surface area contributed by atoms with Gasteiger partial charge in [-0.2, -0.15) is 13.8 Å². The zero-order chi connectivity index (χ0) is 19.5. The highest BCUT2D eigenvalue weighted by Gasteiger charge is 2.40. The van der Waals surface area contributed by atoms with Crippen LogP contribution in [0.3, 0.4) is 0 Å². The fraction of sp³-hybridized carbons (Fsp3) is 0.500. The fourth-order valence-electron chi connectivity index (χ4n) is 2.84. The van der Waals surface area contributed by atoms with E-state index >= 15 is 0 Å². The number of hydrogen-bond donors (Lipinski definition) is 0. The van der Waals surface area contributed by atoms with E-state index < -0.39 is 41.6 Å². The van der Waals surface area contributed by atoms with Gasteiger partial charge in [-0.3, -0.25) is 4.90 Å². The third kappa shape index (κ3) is 4.77. The minimum absolute atomic E-state index is 0.103. The number of aromatic nitrogens is 1. The average Bonchev–Trinajstić information content (AvgIpc) is 2.94. The van der Waals surface area contributed by atoms with Crippen molar-refractivity contribution in [1.82, 2.24) is 9.88 Å². The Labute approximate surface area is 150 Å². The molecule has 1 amide bonds. The summed E-state index contributed by atoms with van der Waals surface area (Å²) in [6.45, 7) is 5.15. The van der Waals surface area contributed by atoms with E-state index in [1.807, 2.05) is 0 Å². The van der Waals surface area contributed by atoms with E-state index in [2.05, 4.69) is 9.72 Å². The number of esters is 1. The monoisotopic (exact) mass is 368 g/mol. The summed E-state index contributed by atoms with van der Waals surface area (Å²) in [5, 5.41) is 0. The SMILES string of the molecule is COC(=O)/C=C/[C@H]1CC[C@@H](c2ccc(F)nc2F)N1C(=O)OC(C)(C)C. The molecule has 1 aliphatic heterocycles. The molecule has 2 rings (SSSR count). The smallest absolute Gasteiger partial charge is 0.411 e. The van der Waals surface area contributed by atoms with Crippen molar-refractivity contribution in [2.24, 2.45) is 0 Å². The molecular formula is C18H22F2N2O4. The van der Waals surface area contributed by atoms with Crippen molar-refractivity contribution in [3.05, 3.63) is 41.7 Å². The summed E-state index contributed by atoms with van der Waals surface area (Å²) in [5.74, 6) is -2.47. The molecule has 142 valence electrons. The van der Waals surface area contributed by atoms with E-state index in [0.29, 0.717) is 12.8 Å². The number of hydrogen-bond acceptors (Lipinski definition) is 5. The van der Waals surface area contributed by atoms with Crippen molar-refractivity contribution >= 4 is 12.1 Å². The van der Waals surface area contributed by atoms with Gasteiger partial charge in [0.05, 0.1) is 19.2 Å². The Hall–Kier alpha value is -2.51. The lowest BCUT2D eigenvalue weighted by molar-refractivity contribution is -0.134. The number of halogens is 2. The van der Waals surface area contributed by atoms with E-state index in [1.54, 1.807) is 20.8 Å². The summed E-state index contributed by atoms with van der Waals surface area (Å²) < 4.78 is 37.2. The molecule has 0 unspecified atom stereocenters. The Balaban J connectivity index is 2.35. The molecule has 0 N–H and O–H groups in total. The molecule has 0 saturated carbocycles. The van der Waals surface area contributed by atoms with Crippen molar-refractivity contribution in [2.45, 2.75) is 51.3 Å². The Kier molecular flexibility index (Phi) is 5.94. The molecule has 1 saturated heterocycles. The summed E-state index contributed by atoms with van der Waals surface area (Å²) in [4.78, 5) is 28.6. The van der Waals surface area contributed by atoms with E-state index in [0.717, 1.165) is 6.07 Å². The number of ether oxygens (including phenoxy) is 2. The molecule has 1 aromatic heterocycles. The topological polar surface area (TPSA) is 68.7 Å². The Bertz CT molecular complexity index is 716. The van der Waals surface area contributed by atoms with Gasteiger partial charge >= 0.3 is 12.1 Å². The molecule has 8 heteroatoms. The lowest BCUT2D eigenvalue weighted by Crippen LogP contribution is -2.40. The summed E-state index contributed by atoms with van der Waals surface area (Å²) in [5.41, 5.74) is -0.647. The van der Waals surface area contributed by atoms with Crippen LogP contribution in [0.5, 0.6) is 0 Å². The highest BCUT2D eigenvalue weighted by Crippen LogP contribution is 2.38. The van der Waals surface area contributed by atoms with Gasteiger partial charge in [0, 0.05) is 11.6 Å². The molecule has 2 heterocycles. The maximum absolute atomic E-state index is 14.2. The van der Waals surface area contributed by atoms with Crippen molar-refractivity contribution in [3.8, 4) is 0 Å². The van der Waals surface area contributed by atoms with Gasteiger partial charge in [-0.1, -0.05) is 6.08 Å². The largest absolute Gasteiger partial charge is 0.466 e. The molecular weight excluding hydrogens is 346 g/mol. The second kappa shape index (κ2) is 7.80. The van der Waals surface area contributed by atoms with Crippen LogP contribution in [0, 0.1) is 11.9 Å². The number of amides is 1. The third-order valence-corrected chi connectivity index (χ3v) is 3.89. The Morgan fingerprint density at radius 3 is 2.54 bits per heavy atom. The normalized spacial score (nSPS) is 20.5. The first kappa shape index (κ1) is 19.8. The minimum atomic E-state index is -0.971. The van der Waals surface area contributed by atoms with E-state index in [4.69, 9.17) is 4.74 Å². The van der Waals surface area contributed by atoms with Crippen LogP contribution in [0.1, 0.15) is 45.2 Å². The molecule has 6 nitrogen and oxygen atoms in total. The van der Waals surface area contributed by atoms with Crippen LogP contribution in [0.2, 0.25) is 0 Å². The number of carbonyl (C=O) groups excluding carboxylic acids is 2. The molecule has 0 bridgehead atoms. The summed E-state index contributed by atoms with van der Waals surface area (Å²) in [7, 11) is 1.25. The molecule has 1 aromatic rings. The number of rotatable bonds is 3. The molecule has 1 fully saturated rings. The first-order valence-electron chi connectivity index (χ1n) is 8.22. The number of nitrogens with zero attached hydrogens (tertiary/aromatic N) is 2. The maximum Gasteiger partial charge on any atom is 0.411 e. The van der Waals surface area contributed by atoms with Crippen LogP contribution in [0.15, 0.2) is 24.3 Å². The highest BCUT2D eigenvalue weighted by molar-refractivity contribution is 5.82. The number of pyridine rings is 1. The first-order valence-corrected chi connectivity index (χ1v) is 8.22. The Morgan fingerprint density at radius 2 is 1.96 bits per heavy atom. The lowest BCUT2D eigenvalue weighted by atomic mass is 10.1. The van der Waals surface area contributed by atoms with Gasteiger partial charge < -0.3 is 9.47 Å². The molecule has 0 aromatic carbocycles. The lowest BCUT2D eigenvalue weighted by Gasteiger charge is -2.31. The van der Waals surface area contributed by atoms with E-state index in [9.17, 15) is 18.4 Å². The van der Waals surface area contributed by atoms with Crippen LogP contribution < -0.4 is 0 Å². The summed E-state index contributed by atoms with van der Waals surface area (Å²) >= 11 is 0. The van der Waals surface area contributed by atoms with Crippen molar-refractivity contribution in [1.29, 1.82) is 0 Å². The molecule has 26 heavy (non-hydrogen) atoms. The van der Waals surface area contributed by atoms with E-state index in [1.165, 1.54) is 30.2 Å². The molecule has 0 radical (unpaired) electrons. The van der Waals surface area contributed by atoms with Gasteiger partial charge in [-0.15, -0.1) is 0 Å². The zero-order valence-corrected chi connectivity index (χ0v) is 15.2. The Morgan fingerprint density at radius 1 is 1.27 bits per heavy atom. The predicted octanol–water partition coefficient (Wildman–Crippen LogP) is 3.53. The van der Waals surface area contributed by atoms with Gasteiger partial charge in [0.2, 0.25) is 11.9 Å². The van der Waals surface area contributed by atoms with Gasteiger partial charge in [0.15, 0.2) is 0 Å². The molecule has 0 spiro atoms. The third-order valence-electron chi connectivity index (χ3n) is 3.89. The van der Waals surface area contributed by atoms with Crippen molar-refractivity contribution in [2.75, 3.05) is 7.11 Å². The highest BCUT2D eigenvalue weighted by atomic mass is 19.1. The molecule has 1 aliphatic rings. The standard InChI is InChI=1S/C18H22F2N2O4/c1-18(2,3)26-17(24)22-11(6-10-15(23)25-4)5-8-13(22)12-7-9-14(19)21-16(12)20/h6-7,9-11,13H,5,8H2,1-4H3/b10-6+/t11-,13+/m1/s1. The van der Waals surface area contributed by atoms with Crippen LogP contribution in [-0.4, -0.2) is 40.7 Å². The number of methoxy groups -OCH3 is 1. The van der Waals surface area contributed by atoms with E-state index in [-0.39, 0.29) is 5.56 Å². The van der Waals surface area contributed by atoms with Crippen LogP contribution >= 0.6 is 0 Å². The van der Waals surface area contributed by atoms with Gasteiger partial charge in [0.25, 0.3) is 0 Å². The quantitative estimate of drug-likeness (QED) is 0.464. The fourth-order valence-corrected chi connectivity index (χ4v) is 2.84. The number of likely N-dealkylation sites (tertiary alicyclic amines) is 1. The number of carbonyl (C=O) groups is 2. The summed E-state index contributed by atoms with van der Waals surface area (Å²) in [6, 6.07) is 1.15. The van der Waals surface area contributed by atoms with Crippen molar-refractivity contribution < 1.29 is 27.8 Å². The second-order valence-electron chi connectivity index (χ2n) is 6.94. The van der Waals surface area contributed by atoms with Gasteiger partial charge in [-0.05, 0) is 45.7 Å². The minimum Gasteiger partial charge on any atom is -0.466 e. The second-order valence-corrected chi connectivity index (χ2v) is 6.94. The maximum atomic E-state index is 14.2. The predicted molar refractivity (Wildman–Crippen MR) is 89.1 cm³/mol.